The lowest BCUT2D eigenvalue weighted by molar-refractivity contribution is -0.138. The molecule has 1 aliphatic rings. The van der Waals surface area contributed by atoms with E-state index in [1.807, 2.05) is 54.6 Å². The zero-order valence-electron chi connectivity index (χ0n) is 24.0. The second kappa shape index (κ2) is 12.5. The summed E-state index contributed by atoms with van der Waals surface area (Å²) in [7, 11) is 1.58. The maximum atomic E-state index is 14.1. The van der Waals surface area contributed by atoms with Crippen LogP contribution >= 0.6 is 11.3 Å². The molecule has 5 rings (SSSR count). The highest BCUT2D eigenvalue weighted by Gasteiger charge is 2.35. The number of ether oxygens (including phenoxy) is 2. The number of thiazole rings is 1. The van der Waals surface area contributed by atoms with Crippen molar-refractivity contribution in [1.82, 2.24) is 4.57 Å². The van der Waals surface area contributed by atoms with Gasteiger partial charge in [-0.1, -0.05) is 53.8 Å². The molecule has 0 radical (unpaired) electrons. The van der Waals surface area contributed by atoms with Crippen molar-refractivity contribution in [2.45, 2.75) is 26.8 Å². The summed E-state index contributed by atoms with van der Waals surface area (Å²) in [6.45, 7) is 7.66. The van der Waals surface area contributed by atoms with Crippen LogP contribution in [0.3, 0.4) is 0 Å². The molecule has 1 N–H and O–H groups in total. The molecule has 0 aliphatic carbocycles. The fourth-order valence-electron chi connectivity index (χ4n) is 5.12. The van der Waals surface area contributed by atoms with E-state index in [9.17, 15) is 14.7 Å². The predicted molar refractivity (Wildman–Crippen MR) is 166 cm³/mol. The minimum atomic E-state index is -0.790. The van der Waals surface area contributed by atoms with Crippen LogP contribution in [0.15, 0.2) is 88.2 Å². The molecule has 3 aromatic carbocycles. The summed E-state index contributed by atoms with van der Waals surface area (Å²) in [5.74, 6) is 0.189. The number of hydrogen-bond acceptors (Lipinski definition) is 8. The number of benzene rings is 3. The zero-order chi connectivity index (χ0) is 29.8. The van der Waals surface area contributed by atoms with E-state index in [2.05, 4.69) is 18.7 Å². The van der Waals surface area contributed by atoms with Gasteiger partial charge in [0.2, 0.25) is 0 Å². The molecule has 2 heterocycles. The maximum absolute atomic E-state index is 14.1. The van der Waals surface area contributed by atoms with Gasteiger partial charge in [0.1, 0.15) is 11.5 Å². The molecule has 9 heteroatoms. The quantitative estimate of drug-likeness (QED) is 0.292. The Morgan fingerprint density at radius 3 is 2.38 bits per heavy atom. The van der Waals surface area contributed by atoms with Gasteiger partial charge in [0, 0.05) is 36.0 Å². The molecule has 8 nitrogen and oxygen atoms in total. The van der Waals surface area contributed by atoms with Crippen molar-refractivity contribution in [1.29, 1.82) is 0 Å². The van der Waals surface area contributed by atoms with Crippen LogP contribution in [0.5, 0.6) is 11.5 Å². The van der Waals surface area contributed by atoms with Gasteiger partial charge in [0.25, 0.3) is 5.56 Å². The van der Waals surface area contributed by atoms with Gasteiger partial charge in [-0.25, -0.2) is 9.79 Å². The first-order chi connectivity index (χ1) is 20.4. The fraction of sp³-hybridized carbons (Fsp3) is 0.242. The summed E-state index contributed by atoms with van der Waals surface area (Å²) in [5, 5.41) is 10.9. The lowest BCUT2D eigenvalue weighted by Gasteiger charge is -2.26. The van der Waals surface area contributed by atoms with Crippen LogP contribution in [-0.4, -0.2) is 42.4 Å². The number of carbonyl (C=O) groups is 1. The van der Waals surface area contributed by atoms with Crippen molar-refractivity contribution in [3.05, 3.63) is 115 Å². The van der Waals surface area contributed by atoms with Gasteiger partial charge < -0.3 is 19.5 Å². The highest BCUT2D eigenvalue weighted by molar-refractivity contribution is 7.07. The molecular weight excluding hydrogens is 550 g/mol. The highest BCUT2D eigenvalue weighted by atomic mass is 32.1. The Kier molecular flexibility index (Phi) is 8.59. The number of hydrogen-bond donors (Lipinski definition) is 1. The highest BCUT2D eigenvalue weighted by Crippen LogP contribution is 2.35. The van der Waals surface area contributed by atoms with E-state index < -0.39 is 12.0 Å². The Hall–Kier alpha value is -4.63. The number of rotatable bonds is 9. The van der Waals surface area contributed by atoms with E-state index >= 15 is 0 Å². The van der Waals surface area contributed by atoms with E-state index in [1.165, 1.54) is 11.3 Å². The van der Waals surface area contributed by atoms with Gasteiger partial charge in [-0.3, -0.25) is 9.36 Å². The predicted octanol–water partition coefficient (Wildman–Crippen LogP) is 4.50. The number of fused-ring (bicyclic) bond motifs is 1. The van der Waals surface area contributed by atoms with Crippen LogP contribution < -0.4 is 24.5 Å². The summed E-state index contributed by atoms with van der Waals surface area (Å²) in [6, 6.07) is 21.3. The average Bonchev–Trinajstić information content (AvgIpc) is 3.33. The van der Waals surface area contributed by atoms with E-state index in [-0.39, 0.29) is 23.5 Å². The number of aromatic nitrogens is 1. The lowest BCUT2D eigenvalue weighted by Crippen LogP contribution is -2.40. The first kappa shape index (κ1) is 28.9. The molecule has 0 unspecified atom stereocenters. The molecule has 0 amide bonds. The molecule has 0 fully saturated rings. The Bertz CT molecular complexity index is 1800. The van der Waals surface area contributed by atoms with E-state index in [0.717, 1.165) is 24.3 Å². The van der Waals surface area contributed by atoms with Gasteiger partial charge >= 0.3 is 5.97 Å². The molecular formula is C33H33N3O5S. The van der Waals surface area contributed by atoms with Crippen LogP contribution in [0, 0.1) is 0 Å². The van der Waals surface area contributed by atoms with Crippen LogP contribution in [0.2, 0.25) is 0 Å². The number of phenolic OH excluding ortho intramolecular Hbond substituents is 1. The summed E-state index contributed by atoms with van der Waals surface area (Å²) in [5.41, 5.74) is 3.28. The van der Waals surface area contributed by atoms with E-state index in [4.69, 9.17) is 14.5 Å². The Morgan fingerprint density at radius 2 is 1.76 bits per heavy atom. The van der Waals surface area contributed by atoms with Crippen molar-refractivity contribution in [3.63, 3.8) is 0 Å². The summed E-state index contributed by atoms with van der Waals surface area (Å²) in [6.07, 6.45) is 1.67. The summed E-state index contributed by atoms with van der Waals surface area (Å²) < 4.78 is 12.8. The number of phenols is 1. The van der Waals surface area contributed by atoms with E-state index in [0.29, 0.717) is 31.9 Å². The molecule has 1 aromatic heterocycles. The van der Waals surface area contributed by atoms with Gasteiger partial charge in [0.15, 0.2) is 4.80 Å². The molecule has 216 valence electrons. The molecule has 4 aromatic rings. The molecule has 1 aliphatic heterocycles. The maximum Gasteiger partial charge on any atom is 0.338 e. The molecule has 0 saturated carbocycles. The van der Waals surface area contributed by atoms with Gasteiger partial charge in [0.05, 0.1) is 35.6 Å². The van der Waals surface area contributed by atoms with Crippen molar-refractivity contribution in [2.75, 3.05) is 31.7 Å². The van der Waals surface area contributed by atoms with Crippen molar-refractivity contribution < 1.29 is 19.4 Å². The number of aromatic hydroxyl groups is 1. The number of esters is 1. The summed E-state index contributed by atoms with van der Waals surface area (Å²) >= 11 is 1.21. The van der Waals surface area contributed by atoms with Crippen LogP contribution in [0.1, 0.15) is 43.5 Å². The molecule has 42 heavy (non-hydrogen) atoms. The van der Waals surface area contributed by atoms with Crippen LogP contribution in [-0.2, 0) is 9.53 Å². The minimum absolute atomic E-state index is 0.0779. The number of methoxy groups -OCH3 is 1. The summed E-state index contributed by atoms with van der Waals surface area (Å²) in [4.78, 5) is 35.1. The number of nitrogens with zero attached hydrogens (tertiary/aromatic N) is 3. The van der Waals surface area contributed by atoms with Crippen molar-refractivity contribution in [3.8, 4) is 11.5 Å². The second-order valence-corrected chi connectivity index (χ2v) is 10.6. The fourth-order valence-corrected chi connectivity index (χ4v) is 6.11. The molecule has 0 spiro atoms. The third-order valence-electron chi connectivity index (χ3n) is 7.23. The zero-order valence-corrected chi connectivity index (χ0v) is 24.9. The molecule has 0 saturated heterocycles. The Labute approximate surface area is 248 Å². The molecule has 1 atom stereocenters. The second-order valence-electron chi connectivity index (χ2n) is 9.62. The smallest absolute Gasteiger partial charge is 0.338 e. The van der Waals surface area contributed by atoms with Crippen molar-refractivity contribution >= 4 is 34.8 Å². The Morgan fingerprint density at radius 1 is 1.05 bits per heavy atom. The third kappa shape index (κ3) is 5.47. The van der Waals surface area contributed by atoms with E-state index in [1.54, 1.807) is 42.9 Å². The monoisotopic (exact) mass is 583 g/mol. The average molecular weight is 584 g/mol. The Balaban J connectivity index is 1.75. The minimum Gasteiger partial charge on any atom is -0.507 e. The number of anilines is 1. The topological polar surface area (TPSA) is 93.4 Å². The normalized spacial score (nSPS) is 14.8. The molecule has 0 bridgehead atoms. The first-order valence-electron chi connectivity index (χ1n) is 13.9. The largest absolute Gasteiger partial charge is 0.507 e. The first-order valence-corrected chi connectivity index (χ1v) is 14.7. The lowest BCUT2D eigenvalue weighted by atomic mass is 9.93. The number of carbonyl (C=O) groups excluding carboxylic acids is 1. The van der Waals surface area contributed by atoms with Crippen LogP contribution in [0.4, 0.5) is 5.69 Å². The van der Waals surface area contributed by atoms with Crippen molar-refractivity contribution in [2.24, 2.45) is 4.99 Å². The van der Waals surface area contributed by atoms with Gasteiger partial charge in [-0.2, -0.15) is 0 Å². The SMILES string of the molecule is CCOC(=O)C1=C(c2ccccc2)N=c2s/c(=C\c3ccc(N(CC)CC)cc3O)c(=O)n2[C@@H]1c1ccc(OC)cc1. The van der Waals surface area contributed by atoms with Gasteiger partial charge in [-0.05, 0) is 56.7 Å². The van der Waals surface area contributed by atoms with Gasteiger partial charge in [-0.15, -0.1) is 0 Å². The third-order valence-corrected chi connectivity index (χ3v) is 8.22. The standard InChI is InChI=1S/C33H33N3O5S/c1-5-35(6-2)24-16-13-23(26(37)20-24)19-27-31(38)36-30(22-14-17-25(40-4)18-15-22)28(32(39)41-7-3)29(34-33(36)42-27)21-11-9-8-10-12-21/h8-20,30,37H,5-7H2,1-4H3/b27-19-/t30-/m1/s1. The van der Waals surface area contributed by atoms with Crippen LogP contribution in [0.25, 0.3) is 11.8 Å².